The van der Waals surface area contributed by atoms with E-state index < -0.39 is 0 Å². The molecule has 0 spiro atoms. The van der Waals surface area contributed by atoms with Gasteiger partial charge in [-0.1, -0.05) is 20.8 Å². The molecule has 0 aromatic carbocycles. The normalized spacial score (nSPS) is 21.2. The van der Waals surface area contributed by atoms with E-state index in [0.717, 1.165) is 26.2 Å². The van der Waals surface area contributed by atoms with Gasteiger partial charge in [-0.15, -0.1) is 11.3 Å². The molecule has 0 bridgehead atoms. The largest absolute Gasteiger partial charge is 0.309 e. The molecule has 1 N–H and O–H groups in total. The predicted molar refractivity (Wildman–Crippen MR) is 78.2 cm³/mol. The fourth-order valence-electron chi connectivity index (χ4n) is 2.30. The summed E-state index contributed by atoms with van der Waals surface area (Å²) in [5.41, 5.74) is 1.61. The summed E-state index contributed by atoms with van der Waals surface area (Å²) in [5, 5.41) is 7.00. The molecule has 3 nitrogen and oxygen atoms in total. The fraction of sp³-hybridized carbons (Fsp3) is 0.786. The average Bonchev–Trinajstić information content (AvgIpc) is 2.63. The Labute approximate surface area is 115 Å². The van der Waals surface area contributed by atoms with Crippen LogP contribution in [0.2, 0.25) is 0 Å². The summed E-state index contributed by atoms with van der Waals surface area (Å²) >= 11 is 1.80. The molecule has 18 heavy (non-hydrogen) atoms. The van der Waals surface area contributed by atoms with Gasteiger partial charge in [0.2, 0.25) is 0 Å². The molecule has 0 saturated carbocycles. The third kappa shape index (κ3) is 3.53. The van der Waals surface area contributed by atoms with Gasteiger partial charge in [-0.25, -0.2) is 4.98 Å². The second-order valence-electron chi connectivity index (χ2n) is 6.90. The lowest BCUT2D eigenvalue weighted by atomic mass is 9.93. The quantitative estimate of drug-likeness (QED) is 0.893. The van der Waals surface area contributed by atoms with Crippen molar-refractivity contribution in [3.8, 4) is 0 Å². The van der Waals surface area contributed by atoms with Crippen LogP contribution in [-0.2, 0) is 12.0 Å². The summed E-state index contributed by atoms with van der Waals surface area (Å²) in [6, 6.07) is 0. The Kier molecular flexibility index (Phi) is 3.81. The monoisotopic (exact) mass is 267 g/mol. The first-order valence-electron chi connectivity index (χ1n) is 6.69. The van der Waals surface area contributed by atoms with Crippen LogP contribution in [0.1, 0.15) is 45.3 Å². The standard InChI is InChI=1S/C14H25N3S/c1-13(2,3)11-9-18-12(16-11)8-17-7-6-15-14(4,5)10-17/h9,15H,6-8,10H2,1-5H3. The zero-order chi connectivity index (χ0) is 13.4. The minimum atomic E-state index is 0.164. The summed E-state index contributed by atoms with van der Waals surface area (Å²) in [4.78, 5) is 7.28. The molecule has 102 valence electrons. The highest BCUT2D eigenvalue weighted by atomic mass is 32.1. The third-order valence-electron chi connectivity index (χ3n) is 3.33. The van der Waals surface area contributed by atoms with E-state index in [0.29, 0.717) is 0 Å². The molecule has 1 aliphatic rings. The average molecular weight is 267 g/mol. The minimum Gasteiger partial charge on any atom is -0.309 e. The van der Waals surface area contributed by atoms with Crippen molar-refractivity contribution in [2.45, 2.75) is 52.1 Å². The van der Waals surface area contributed by atoms with Crippen molar-refractivity contribution in [2.24, 2.45) is 0 Å². The van der Waals surface area contributed by atoms with Gasteiger partial charge >= 0.3 is 0 Å². The predicted octanol–water partition coefficient (Wildman–Crippen LogP) is 2.62. The van der Waals surface area contributed by atoms with Gasteiger partial charge in [-0.05, 0) is 13.8 Å². The molecule has 1 aromatic heterocycles. The topological polar surface area (TPSA) is 28.2 Å². The Morgan fingerprint density at radius 2 is 2.17 bits per heavy atom. The maximum Gasteiger partial charge on any atom is 0.107 e. The highest BCUT2D eigenvalue weighted by Gasteiger charge is 2.26. The zero-order valence-electron chi connectivity index (χ0n) is 12.2. The molecular formula is C14H25N3S. The van der Waals surface area contributed by atoms with Gasteiger partial charge in [0.05, 0.1) is 12.2 Å². The van der Waals surface area contributed by atoms with Crippen molar-refractivity contribution in [1.29, 1.82) is 0 Å². The Morgan fingerprint density at radius 3 is 2.72 bits per heavy atom. The molecule has 2 heterocycles. The first kappa shape index (κ1) is 14.0. The van der Waals surface area contributed by atoms with E-state index in [1.165, 1.54) is 10.7 Å². The lowest BCUT2D eigenvalue weighted by Gasteiger charge is -2.38. The molecule has 0 amide bonds. The van der Waals surface area contributed by atoms with Crippen LogP contribution in [0.15, 0.2) is 5.38 Å². The van der Waals surface area contributed by atoms with Crippen LogP contribution in [0.3, 0.4) is 0 Å². The van der Waals surface area contributed by atoms with Crippen molar-refractivity contribution >= 4 is 11.3 Å². The van der Waals surface area contributed by atoms with Gasteiger partial charge < -0.3 is 5.32 Å². The van der Waals surface area contributed by atoms with E-state index in [-0.39, 0.29) is 11.0 Å². The number of nitrogens with one attached hydrogen (secondary N) is 1. The van der Waals surface area contributed by atoms with E-state index in [4.69, 9.17) is 4.98 Å². The summed E-state index contributed by atoms with van der Waals surface area (Å²) < 4.78 is 0. The molecule has 0 aliphatic carbocycles. The van der Waals surface area contributed by atoms with Gasteiger partial charge in [0.25, 0.3) is 0 Å². The highest BCUT2D eigenvalue weighted by molar-refractivity contribution is 7.09. The van der Waals surface area contributed by atoms with Crippen LogP contribution in [0.4, 0.5) is 0 Å². The van der Waals surface area contributed by atoms with Crippen molar-refractivity contribution < 1.29 is 0 Å². The Hall–Kier alpha value is -0.450. The van der Waals surface area contributed by atoms with Crippen molar-refractivity contribution in [3.63, 3.8) is 0 Å². The summed E-state index contributed by atoms with van der Waals surface area (Å²) in [6.07, 6.45) is 0. The first-order chi connectivity index (χ1) is 8.26. The second kappa shape index (κ2) is 4.91. The molecule has 0 radical (unpaired) electrons. The fourth-order valence-corrected chi connectivity index (χ4v) is 3.36. The smallest absolute Gasteiger partial charge is 0.107 e. The van der Waals surface area contributed by atoms with Crippen LogP contribution in [-0.4, -0.2) is 35.1 Å². The first-order valence-corrected chi connectivity index (χ1v) is 7.56. The number of aromatic nitrogens is 1. The van der Waals surface area contributed by atoms with Crippen LogP contribution >= 0.6 is 11.3 Å². The van der Waals surface area contributed by atoms with E-state index in [9.17, 15) is 0 Å². The SMILES string of the molecule is CC1(C)CN(Cc2nc(C(C)(C)C)cs2)CCN1. The highest BCUT2D eigenvalue weighted by Crippen LogP contribution is 2.25. The molecule has 1 saturated heterocycles. The van der Waals surface area contributed by atoms with E-state index in [1.807, 2.05) is 0 Å². The molecule has 4 heteroatoms. The molecular weight excluding hydrogens is 242 g/mol. The summed E-state index contributed by atoms with van der Waals surface area (Å²) in [7, 11) is 0. The Bertz CT molecular complexity index is 403. The molecule has 0 atom stereocenters. The summed E-state index contributed by atoms with van der Waals surface area (Å²) in [5.74, 6) is 0. The maximum atomic E-state index is 4.78. The summed E-state index contributed by atoms with van der Waals surface area (Å²) in [6.45, 7) is 15.5. The lowest BCUT2D eigenvalue weighted by molar-refractivity contribution is 0.148. The van der Waals surface area contributed by atoms with Gasteiger partial charge in [0.15, 0.2) is 0 Å². The molecule has 1 aromatic rings. The molecule has 0 unspecified atom stereocenters. The number of piperazine rings is 1. The van der Waals surface area contributed by atoms with E-state index in [1.54, 1.807) is 11.3 Å². The lowest BCUT2D eigenvalue weighted by Crippen LogP contribution is -2.56. The van der Waals surface area contributed by atoms with E-state index in [2.05, 4.69) is 50.2 Å². The molecule has 1 fully saturated rings. The Morgan fingerprint density at radius 1 is 1.44 bits per heavy atom. The van der Waals surface area contributed by atoms with Crippen molar-refractivity contribution in [3.05, 3.63) is 16.1 Å². The molecule has 1 aliphatic heterocycles. The van der Waals surface area contributed by atoms with Gasteiger partial charge in [-0.2, -0.15) is 0 Å². The zero-order valence-corrected chi connectivity index (χ0v) is 13.0. The van der Waals surface area contributed by atoms with Gasteiger partial charge in [-0.3, -0.25) is 4.90 Å². The van der Waals surface area contributed by atoms with Crippen LogP contribution in [0.25, 0.3) is 0 Å². The van der Waals surface area contributed by atoms with Crippen LogP contribution in [0, 0.1) is 0 Å². The number of rotatable bonds is 2. The minimum absolute atomic E-state index is 0.164. The van der Waals surface area contributed by atoms with Crippen LogP contribution < -0.4 is 5.32 Å². The third-order valence-corrected chi connectivity index (χ3v) is 4.16. The maximum absolute atomic E-state index is 4.78. The Balaban J connectivity index is 1.99. The number of hydrogen-bond donors (Lipinski definition) is 1. The molecule has 2 rings (SSSR count). The number of hydrogen-bond acceptors (Lipinski definition) is 4. The number of thiazole rings is 1. The second-order valence-corrected chi connectivity index (χ2v) is 7.84. The van der Waals surface area contributed by atoms with E-state index >= 15 is 0 Å². The van der Waals surface area contributed by atoms with Crippen molar-refractivity contribution in [1.82, 2.24) is 15.2 Å². The van der Waals surface area contributed by atoms with Crippen molar-refractivity contribution in [2.75, 3.05) is 19.6 Å². The van der Waals surface area contributed by atoms with Gasteiger partial charge in [0.1, 0.15) is 5.01 Å². The number of nitrogens with zero attached hydrogens (tertiary/aromatic N) is 2. The van der Waals surface area contributed by atoms with Gasteiger partial charge in [0, 0.05) is 36.0 Å². The van der Waals surface area contributed by atoms with Crippen LogP contribution in [0.5, 0.6) is 0 Å².